The lowest BCUT2D eigenvalue weighted by molar-refractivity contribution is -0.145. The van der Waals surface area contributed by atoms with Crippen molar-refractivity contribution in [2.45, 2.75) is 32.7 Å². The number of ketones is 1. The van der Waals surface area contributed by atoms with E-state index in [0.717, 1.165) is 11.3 Å². The maximum Gasteiger partial charge on any atom is 0.309 e. The zero-order valence-electron chi connectivity index (χ0n) is 19.8. The summed E-state index contributed by atoms with van der Waals surface area (Å²) in [4.78, 5) is 35.9. The molecule has 3 aromatic rings. The van der Waals surface area contributed by atoms with Crippen LogP contribution in [0.5, 0.6) is 0 Å². The van der Waals surface area contributed by atoms with E-state index in [9.17, 15) is 9.59 Å². The van der Waals surface area contributed by atoms with E-state index in [1.807, 2.05) is 41.3 Å². The summed E-state index contributed by atoms with van der Waals surface area (Å²) in [6.45, 7) is 4.16. The Morgan fingerprint density at radius 3 is 2.20 bits per heavy atom. The van der Waals surface area contributed by atoms with E-state index in [1.54, 1.807) is 36.7 Å². The van der Waals surface area contributed by atoms with Crippen LogP contribution in [-0.2, 0) is 9.53 Å². The van der Waals surface area contributed by atoms with E-state index in [4.69, 9.17) is 27.9 Å². The van der Waals surface area contributed by atoms with Crippen LogP contribution in [0.3, 0.4) is 0 Å². The van der Waals surface area contributed by atoms with Crippen molar-refractivity contribution < 1.29 is 14.3 Å². The average molecular weight is 512 g/mol. The van der Waals surface area contributed by atoms with E-state index in [0.29, 0.717) is 12.4 Å². The van der Waals surface area contributed by atoms with Crippen LogP contribution in [0, 0.1) is 5.92 Å². The summed E-state index contributed by atoms with van der Waals surface area (Å²) in [7, 11) is 1.31. The molecule has 0 saturated heterocycles. The number of hydrogen-bond donors (Lipinski definition) is 0. The number of halogens is 2. The molecule has 0 fully saturated rings. The van der Waals surface area contributed by atoms with Crippen molar-refractivity contribution in [3.8, 4) is 0 Å². The van der Waals surface area contributed by atoms with Gasteiger partial charge in [-0.15, -0.1) is 0 Å². The second kappa shape index (κ2) is 12.5. The molecule has 0 N–H and O–H groups in total. The van der Waals surface area contributed by atoms with Gasteiger partial charge in [-0.25, -0.2) is 9.97 Å². The molecule has 8 heteroatoms. The number of methoxy groups -OCH3 is 1. The van der Waals surface area contributed by atoms with Crippen molar-refractivity contribution in [3.63, 3.8) is 0 Å². The Hall–Kier alpha value is -3.22. The smallest absolute Gasteiger partial charge is 0.309 e. The highest BCUT2D eigenvalue weighted by Crippen LogP contribution is 2.28. The minimum absolute atomic E-state index is 0.0557. The first-order valence-electron chi connectivity index (χ1n) is 11.2. The van der Waals surface area contributed by atoms with E-state index < -0.39 is 11.9 Å². The third kappa shape index (κ3) is 6.90. The molecule has 0 radical (unpaired) electrons. The third-order valence-corrected chi connectivity index (χ3v) is 6.02. The maximum absolute atomic E-state index is 12.8. The first kappa shape index (κ1) is 26.4. The second-order valence-electron chi connectivity index (χ2n) is 8.19. The lowest BCUT2D eigenvalue weighted by Crippen LogP contribution is -2.27. The Labute approximate surface area is 215 Å². The molecule has 182 valence electrons. The van der Waals surface area contributed by atoms with Crippen LogP contribution in [0.4, 0.5) is 11.6 Å². The van der Waals surface area contributed by atoms with E-state index in [1.165, 1.54) is 7.11 Å². The Morgan fingerprint density at radius 2 is 1.63 bits per heavy atom. The number of anilines is 2. The number of aromatic nitrogens is 2. The summed E-state index contributed by atoms with van der Waals surface area (Å²) in [5.41, 5.74) is 2.15. The molecule has 6 nitrogen and oxygen atoms in total. The molecule has 1 aromatic heterocycles. The highest BCUT2D eigenvalue weighted by molar-refractivity contribution is 6.39. The van der Waals surface area contributed by atoms with Crippen LogP contribution in [0.25, 0.3) is 6.08 Å². The third-order valence-electron chi connectivity index (χ3n) is 5.39. The number of benzene rings is 2. The normalized spacial score (nSPS) is 12.1. The Bertz CT molecular complexity index is 1160. The van der Waals surface area contributed by atoms with Gasteiger partial charge in [-0.1, -0.05) is 53.6 Å². The zero-order chi connectivity index (χ0) is 25.4. The molecule has 3 rings (SSSR count). The zero-order valence-corrected chi connectivity index (χ0v) is 21.3. The van der Waals surface area contributed by atoms with Gasteiger partial charge in [0.1, 0.15) is 0 Å². The number of esters is 1. The fourth-order valence-corrected chi connectivity index (χ4v) is 4.30. The molecular weight excluding hydrogens is 485 g/mol. The largest absolute Gasteiger partial charge is 0.469 e. The fraction of sp³-hybridized carbons (Fsp3) is 0.259. The SMILES string of the molecule is COC(=O)[C@H](C/C=C/c1ccc(N(c2ncccn2)C(C)C)cc1)CC(=O)c1c(Cl)cccc1Cl. The van der Waals surface area contributed by atoms with Crippen molar-refractivity contribution in [1.29, 1.82) is 0 Å². The van der Waals surface area contributed by atoms with Crippen LogP contribution in [0.1, 0.15) is 42.6 Å². The van der Waals surface area contributed by atoms with Gasteiger partial charge < -0.3 is 9.64 Å². The van der Waals surface area contributed by atoms with E-state index >= 15 is 0 Å². The van der Waals surface area contributed by atoms with Crippen LogP contribution >= 0.6 is 23.2 Å². The predicted octanol–water partition coefficient (Wildman–Crippen LogP) is 6.80. The highest BCUT2D eigenvalue weighted by Gasteiger charge is 2.24. The van der Waals surface area contributed by atoms with Gasteiger partial charge in [0.15, 0.2) is 5.78 Å². The molecule has 0 aliphatic rings. The molecule has 0 spiro atoms. The lowest BCUT2D eigenvalue weighted by atomic mass is 9.95. The minimum atomic E-state index is -0.651. The molecule has 0 unspecified atom stereocenters. The topological polar surface area (TPSA) is 72.4 Å². The summed E-state index contributed by atoms with van der Waals surface area (Å²) >= 11 is 12.3. The molecule has 1 atom stereocenters. The number of carbonyl (C=O) groups is 2. The number of nitrogens with zero attached hydrogens (tertiary/aromatic N) is 3. The highest BCUT2D eigenvalue weighted by atomic mass is 35.5. The summed E-state index contributed by atoms with van der Waals surface area (Å²) in [5.74, 6) is -0.778. The first-order valence-corrected chi connectivity index (χ1v) is 11.9. The number of allylic oxidation sites excluding steroid dienone is 1. The summed E-state index contributed by atoms with van der Waals surface area (Å²) < 4.78 is 4.91. The molecule has 1 heterocycles. The summed E-state index contributed by atoms with van der Waals surface area (Å²) in [5, 5.41) is 0.524. The Morgan fingerprint density at radius 1 is 1.00 bits per heavy atom. The van der Waals surface area contributed by atoms with Crippen LogP contribution < -0.4 is 4.90 Å². The lowest BCUT2D eigenvalue weighted by Gasteiger charge is -2.26. The van der Waals surface area contributed by atoms with Crippen molar-refractivity contribution in [3.05, 3.63) is 88.2 Å². The van der Waals surface area contributed by atoms with Crippen LogP contribution in [0.2, 0.25) is 10.0 Å². The van der Waals surface area contributed by atoms with Gasteiger partial charge in [0.25, 0.3) is 0 Å². The summed E-state index contributed by atoms with van der Waals surface area (Å²) in [6.07, 6.45) is 7.48. The molecule has 0 saturated carbocycles. The Balaban J connectivity index is 1.71. The van der Waals surface area contributed by atoms with Gasteiger partial charge in [0, 0.05) is 30.5 Å². The monoisotopic (exact) mass is 511 g/mol. The van der Waals surface area contributed by atoms with Crippen molar-refractivity contribution in [2.75, 3.05) is 12.0 Å². The molecule has 0 amide bonds. The number of Topliss-reactive ketones (excluding diaryl/α,β-unsaturated/α-hetero) is 1. The van der Waals surface area contributed by atoms with Crippen molar-refractivity contribution in [2.24, 2.45) is 5.92 Å². The van der Waals surface area contributed by atoms with Gasteiger partial charge in [-0.2, -0.15) is 0 Å². The minimum Gasteiger partial charge on any atom is -0.469 e. The van der Waals surface area contributed by atoms with Crippen molar-refractivity contribution in [1.82, 2.24) is 9.97 Å². The first-order chi connectivity index (χ1) is 16.8. The maximum atomic E-state index is 12.8. The van der Waals surface area contributed by atoms with E-state index in [-0.39, 0.29) is 33.9 Å². The van der Waals surface area contributed by atoms with E-state index in [2.05, 4.69) is 23.8 Å². The Kier molecular flexibility index (Phi) is 9.40. The molecular formula is C27H27Cl2N3O3. The number of hydrogen-bond acceptors (Lipinski definition) is 6. The second-order valence-corrected chi connectivity index (χ2v) is 9.00. The molecule has 0 aliphatic carbocycles. The average Bonchev–Trinajstić information content (AvgIpc) is 2.84. The predicted molar refractivity (Wildman–Crippen MR) is 140 cm³/mol. The number of ether oxygens (including phenoxy) is 1. The molecule has 2 aromatic carbocycles. The van der Waals surface area contributed by atoms with Crippen LogP contribution in [0.15, 0.2) is 67.0 Å². The number of carbonyl (C=O) groups excluding carboxylic acids is 2. The van der Waals surface area contributed by atoms with Gasteiger partial charge in [-0.3, -0.25) is 9.59 Å². The molecule has 35 heavy (non-hydrogen) atoms. The van der Waals surface area contributed by atoms with Gasteiger partial charge >= 0.3 is 5.97 Å². The van der Waals surface area contributed by atoms with Crippen LogP contribution in [-0.4, -0.2) is 34.9 Å². The van der Waals surface area contributed by atoms with Gasteiger partial charge in [-0.05, 0) is 56.2 Å². The standard InChI is InChI=1S/C27H27Cl2N3O3/c1-18(2)32(27-30-15-6-16-31-27)21-13-11-19(12-14-21)7-4-8-20(26(34)35-3)17-24(33)25-22(28)9-5-10-23(25)29/h4-7,9-16,18,20H,8,17H2,1-3H3/b7-4+/t20-/m1/s1. The fourth-order valence-electron chi connectivity index (χ4n) is 3.69. The molecule has 0 aliphatic heterocycles. The molecule has 0 bridgehead atoms. The summed E-state index contributed by atoms with van der Waals surface area (Å²) in [6, 6.07) is 14.8. The quantitative estimate of drug-likeness (QED) is 0.220. The number of rotatable bonds is 10. The van der Waals surface area contributed by atoms with Gasteiger partial charge in [0.05, 0.1) is 28.6 Å². The van der Waals surface area contributed by atoms with Gasteiger partial charge in [0.2, 0.25) is 5.95 Å². The van der Waals surface area contributed by atoms with Crippen molar-refractivity contribution >= 4 is 52.7 Å².